The lowest BCUT2D eigenvalue weighted by Gasteiger charge is -2.39. The standard InChI is InChI=1S/C18H25N3/c1-2-14-7-9-21(17(11-14)12-19)13-15-5-6-18-16(10-15)4-3-8-20-18/h3-6,8,10,14,17H,2,7,9,11-13,19H2,1H3. The molecule has 3 heteroatoms. The smallest absolute Gasteiger partial charge is 0.0702 e. The van der Waals surface area contributed by atoms with Gasteiger partial charge in [0.05, 0.1) is 5.52 Å². The second-order valence-electron chi connectivity index (χ2n) is 6.19. The van der Waals surface area contributed by atoms with Crippen molar-refractivity contribution >= 4 is 10.9 Å². The molecule has 2 unspecified atom stereocenters. The lowest BCUT2D eigenvalue weighted by molar-refractivity contribution is 0.107. The van der Waals surface area contributed by atoms with Crippen LogP contribution in [0.4, 0.5) is 0 Å². The van der Waals surface area contributed by atoms with Gasteiger partial charge in [0, 0.05) is 30.7 Å². The second kappa shape index (κ2) is 6.54. The molecule has 0 amide bonds. The van der Waals surface area contributed by atoms with Gasteiger partial charge in [-0.05, 0) is 49.1 Å². The highest BCUT2D eigenvalue weighted by Crippen LogP contribution is 2.26. The molecule has 2 aromatic rings. The number of aromatic nitrogens is 1. The van der Waals surface area contributed by atoms with Crippen LogP contribution in [0.5, 0.6) is 0 Å². The summed E-state index contributed by atoms with van der Waals surface area (Å²) in [6.45, 7) is 5.24. The van der Waals surface area contributed by atoms with E-state index in [9.17, 15) is 0 Å². The number of benzene rings is 1. The maximum Gasteiger partial charge on any atom is 0.0702 e. The van der Waals surface area contributed by atoms with E-state index in [1.165, 1.54) is 36.8 Å². The highest BCUT2D eigenvalue weighted by Gasteiger charge is 2.26. The SMILES string of the molecule is CCC1CCN(Cc2ccc3ncccc3c2)C(CN)C1. The molecular weight excluding hydrogens is 258 g/mol. The number of rotatable bonds is 4. The first-order valence-corrected chi connectivity index (χ1v) is 8.08. The van der Waals surface area contributed by atoms with Crippen molar-refractivity contribution in [3.8, 4) is 0 Å². The van der Waals surface area contributed by atoms with Gasteiger partial charge in [0.2, 0.25) is 0 Å². The first-order chi connectivity index (χ1) is 10.3. The van der Waals surface area contributed by atoms with Crippen molar-refractivity contribution in [2.45, 2.75) is 38.8 Å². The van der Waals surface area contributed by atoms with Gasteiger partial charge < -0.3 is 5.73 Å². The Labute approximate surface area is 127 Å². The maximum absolute atomic E-state index is 6.00. The molecule has 0 bridgehead atoms. The molecule has 112 valence electrons. The van der Waals surface area contributed by atoms with E-state index in [4.69, 9.17) is 5.73 Å². The average molecular weight is 283 g/mol. The fourth-order valence-electron chi connectivity index (χ4n) is 3.46. The van der Waals surface area contributed by atoms with Crippen LogP contribution in [0.1, 0.15) is 31.7 Å². The molecule has 3 rings (SSSR count). The Hall–Kier alpha value is -1.45. The van der Waals surface area contributed by atoms with E-state index >= 15 is 0 Å². The molecule has 1 aromatic carbocycles. The van der Waals surface area contributed by atoms with Gasteiger partial charge in [-0.3, -0.25) is 9.88 Å². The van der Waals surface area contributed by atoms with E-state index < -0.39 is 0 Å². The van der Waals surface area contributed by atoms with Crippen LogP contribution in [-0.4, -0.2) is 29.0 Å². The molecule has 1 saturated heterocycles. The molecule has 2 heterocycles. The van der Waals surface area contributed by atoms with Crippen molar-refractivity contribution in [2.24, 2.45) is 11.7 Å². The summed E-state index contributed by atoms with van der Waals surface area (Å²) < 4.78 is 0. The molecule has 1 aliphatic heterocycles. The highest BCUT2D eigenvalue weighted by molar-refractivity contribution is 5.78. The Bertz CT molecular complexity index is 596. The van der Waals surface area contributed by atoms with Gasteiger partial charge in [-0.15, -0.1) is 0 Å². The van der Waals surface area contributed by atoms with Gasteiger partial charge >= 0.3 is 0 Å². The van der Waals surface area contributed by atoms with E-state index in [0.717, 1.165) is 24.5 Å². The lowest BCUT2D eigenvalue weighted by atomic mass is 9.88. The number of nitrogens with zero attached hydrogens (tertiary/aromatic N) is 2. The summed E-state index contributed by atoms with van der Waals surface area (Å²) >= 11 is 0. The number of hydrogen-bond donors (Lipinski definition) is 1. The molecule has 0 aliphatic carbocycles. The van der Waals surface area contributed by atoms with Crippen LogP contribution < -0.4 is 5.73 Å². The summed E-state index contributed by atoms with van der Waals surface area (Å²) in [4.78, 5) is 6.95. The van der Waals surface area contributed by atoms with Crippen LogP contribution in [0.3, 0.4) is 0 Å². The summed E-state index contributed by atoms with van der Waals surface area (Å²) in [5.74, 6) is 0.857. The molecule has 0 spiro atoms. The Morgan fingerprint density at radius 2 is 2.24 bits per heavy atom. The van der Waals surface area contributed by atoms with Crippen LogP contribution in [0.25, 0.3) is 10.9 Å². The molecular formula is C18H25N3. The van der Waals surface area contributed by atoms with Crippen molar-refractivity contribution in [2.75, 3.05) is 13.1 Å². The summed E-state index contributed by atoms with van der Waals surface area (Å²) in [6, 6.07) is 11.3. The molecule has 1 aliphatic rings. The largest absolute Gasteiger partial charge is 0.329 e. The Balaban J connectivity index is 1.74. The third-order valence-electron chi connectivity index (χ3n) is 4.85. The zero-order chi connectivity index (χ0) is 14.7. The van der Waals surface area contributed by atoms with E-state index in [0.29, 0.717) is 6.04 Å². The first kappa shape index (κ1) is 14.5. The normalized spacial score (nSPS) is 23.5. The van der Waals surface area contributed by atoms with Gasteiger partial charge in [0.15, 0.2) is 0 Å². The van der Waals surface area contributed by atoms with Crippen LogP contribution in [0.2, 0.25) is 0 Å². The van der Waals surface area contributed by atoms with Crippen molar-refractivity contribution in [3.63, 3.8) is 0 Å². The van der Waals surface area contributed by atoms with E-state index in [2.05, 4.69) is 41.1 Å². The second-order valence-corrected chi connectivity index (χ2v) is 6.19. The molecule has 0 saturated carbocycles. The molecule has 1 fully saturated rings. The van der Waals surface area contributed by atoms with Crippen LogP contribution in [0, 0.1) is 5.92 Å². The molecule has 2 N–H and O–H groups in total. The van der Waals surface area contributed by atoms with Crippen LogP contribution >= 0.6 is 0 Å². The van der Waals surface area contributed by atoms with Gasteiger partial charge in [0.25, 0.3) is 0 Å². The number of fused-ring (bicyclic) bond motifs is 1. The first-order valence-electron chi connectivity index (χ1n) is 8.08. The molecule has 3 nitrogen and oxygen atoms in total. The minimum Gasteiger partial charge on any atom is -0.329 e. The van der Waals surface area contributed by atoms with Crippen molar-refractivity contribution in [1.29, 1.82) is 0 Å². The number of pyridine rings is 1. The molecule has 0 radical (unpaired) electrons. The van der Waals surface area contributed by atoms with Crippen molar-refractivity contribution < 1.29 is 0 Å². The maximum atomic E-state index is 6.00. The summed E-state index contributed by atoms with van der Waals surface area (Å²) in [6.07, 6.45) is 5.69. The van der Waals surface area contributed by atoms with Crippen molar-refractivity contribution in [3.05, 3.63) is 42.1 Å². The topological polar surface area (TPSA) is 42.2 Å². The van der Waals surface area contributed by atoms with E-state index in [1.807, 2.05) is 12.3 Å². The third kappa shape index (κ3) is 3.25. The van der Waals surface area contributed by atoms with Gasteiger partial charge in [0.1, 0.15) is 0 Å². The number of hydrogen-bond acceptors (Lipinski definition) is 3. The Kier molecular flexibility index (Phi) is 4.51. The Morgan fingerprint density at radius 1 is 1.33 bits per heavy atom. The lowest BCUT2D eigenvalue weighted by Crippen LogP contribution is -2.45. The number of likely N-dealkylation sites (tertiary alicyclic amines) is 1. The van der Waals surface area contributed by atoms with Gasteiger partial charge in [-0.2, -0.15) is 0 Å². The predicted octanol–water partition coefficient (Wildman–Crippen LogP) is 3.18. The minimum absolute atomic E-state index is 0.535. The van der Waals surface area contributed by atoms with Gasteiger partial charge in [-0.25, -0.2) is 0 Å². The molecule has 1 aromatic heterocycles. The zero-order valence-electron chi connectivity index (χ0n) is 12.8. The van der Waals surface area contributed by atoms with E-state index in [1.54, 1.807) is 0 Å². The summed E-state index contributed by atoms with van der Waals surface area (Å²) in [5, 5.41) is 1.22. The molecule has 21 heavy (non-hydrogen) atoms. The zero-order valence-corrected chi connectivity index (χ0v) is 12.8. The summed E-state index contributed by atoms with van der Waals surface area (Å²) in [5.41, 5.74) is 8.44. The fraction of sp³-hybridized carbons (Fsp3) is 0.500. The number of piperidine rings is 1. The Morgan fingerprint density at radius 3 is 3.05 bits per heavy atom. The quantitative estimate of drug-likeness (QED) is 0.937. The highest BCUT2D eigenvalue weighted by atomic mass is 15.2. The summed E-state index contributed by atoms with van der Waals surface area (Å²) in [7, 11) is 0. The molecule has 2 atom stereocenters. The average Bonchev–Trinajstić information content (AvgIpc) is 2.55. The minimum atomic E-state index is 0.535. The van der Waals surface area contributed by atoms with Crippen LogP contribution in [-0.2, 0) is 6.54 Å². The monoisotopic (exact) mass is 283 g/mol. The third-order valence-corrected chi connectivity index (χ3v) is 4.85. The fourth-order valence-corrected chi connectivity index (χ4v) is 3.46. The van der Waals surface area contributed by atoms with Crippen molar-refractivity contribution in [1.82, 2.24) is 9.88 Å². The number of nitrogens with two attached hydrogens (primary N) is 1. The van der Waals surface area contributed by atoms with E-state index in [-0.39, 0.29) is 0 Å². The van der Waals surface area contributed by atoms with Crippen LogP contribution in [0.15, 0.2) is 36.5 Å². The van der Waals surface area contributed by atoms with Gasteiger partial charge in [-0.1, -0.05) is 25.5 Å². The predicted molar refractivity (Wildman–Crippen MR) is 88.0 cm³/mol.